The van der Waals surface area contributed by atoms with Crippen molar-refractivity contribution in [2.75, 3.05) is 0 Å². The van der Waals surface area contributed by atoms with Gasteiger partial charge < -0.3 is 0 Å². The standard InChI is InChI=1S/C38H36N6/c1-37(2)23-15-11-21-13-17-29(43-35(21)33(23)37)25-7-5-9-27(41-25)31-19-40-32(20-39-31)28-10-6-8-26(42-28)30-18-14-22-12-16-24-34(36(22)44-30)38(24,3)4/h5-10,13-14,17-20,23-24,33-34H,11-12,15-16H2,1-4H3/t23-,24-,33-,34-/m1/s1. The highest BCUT2D eigenvalue weighted by molar-refractivity contribution is 5.65. The Balaban J connectivity index is 0.982. The van der Waals surface area contributed by atoms with Crippen molar-refractivity contribution in [1.29, 1.82) is 0 Å². The van der Waals surface area contributed by atoms with Crippen molar-refractivity contribution < 1.29 is 0 Å². The second kappa shape index (κ2) is 9.10. The van der Waals surface area contributed by atoms with Gasteiger partial charge in [0.2, 0.25) is 0 Å². The van der Waals surface area contributed by atoms with Crippen LogP contribution < -0.4 is 0 Å². The van der Waals surface area contributed by atoms with E-state index in [1.165, 1.54) is 35.4 Å². The molecule has 6 nitrogen and oxygen atoms in total. The van der Waals surface area contributed by atoms with Gasteiger partial charge in [-0.15, -0.1) is 0 Å². The van der Waals surface area contributed by atoms with Gasteiger partial charge in [-0.2, -0.15) is 0 Å². The van der Waals surface area contributed by atoms with Crippen molar-refractivity contribution in [2.24, 2.45) is 22.7 Å². The Morgan fingerprint density at radius 3 is 1.27 bits per heavy atom. The lowest BCUT2D eigenvalue weighted by molar-refractivity contribution is 0.535. The first kappa shape index (κ1) is 26.1. The molecular weight excluding hydrogens is 540 g/mol. The summed E-state index contributed by atoms with van der Waals surface area (Å²) < 4.78 is 0. The third-order valence-corrected chi connectivity index (χ3v) is 11.4. The van der Waals surface area contributed by atoms with Gasteiger partial charge in [0, 0.05) is 23.2 Å². The van der Waals surface area contributed by atoms with Gasteiger partial charge >= 0.3 is 0 Å². The lowest BCUT2D eigenvalue weighted by atomic mass is 9.95. The van der Waals surface area contributed by atoms with Gasteiger partial charge in [0.1, 0.15) is 11.4 Å². The van der Waals surface area contributed by atoms with E-state index < -0.39 is 0 Å². The predicted octanol–water partition coefficient (Wildman–Crippen LogP) is 8.10. The molecule has 0 saturated heterocycles. The van der Waals surface area contributed by atoms with Gasteiger partial charge in [-0.3, -0.25) is 19.9 Å². The maximum Gasteiger partial charge on any atom is 0.107 e. The summed E-state index contributed by atoms with van der Waals surface area (Å²) in [6.45, 7) is 9.52. The number of aryl methyl sites for hydroxylation is 2. The minimum Gasteiger partial charge on any atom is -0.251 e. The fraction of sp³-hybridized carbons (Fsp3) is 0.368. The normalized spacial score (nSPS) is 24.8. The third-order valence-electron chi connectivity index (χ3n) is 11.4. The largest absolute Gasteiger partial charge is 0.251 e. The number of rotatable bonds is 4. The van der Waals surface area contributed by atoms with Crippen molar-refractivity contribution in [2.45, 2.75) is 65.2 Å². The van der Waals surface area contributed by atoms with E-state index in [0.29, 0.717) is 22.7 Å². The van der Waals surface area contributed by atoms with Gasteiger partial charge in [0.05, 0.1) is 46.6 Å². The molecule has 6 heteroatoms. The third kappa shape index (κ3) is 3.92. The van der Waals surface area contributed by atoms with Crippen molar-refractivity contribution in [1.82, 2.24) is 29.9 Å². The maximum absolute atomic E-state index is 5.15. The molecule has 0 amide bonds. The quantitative estimate of drug-likeness (QED) is 0.215. The Bertz CT molecular complexity index is 1820. The van der Waals surface area contributed by atoms with Gasteiger partial charge in [-0.1, -0.05) is 52.0 Å². The predicted molar refractivity (Wildman–Crippen MR) is 172 cm³/mol. The molecule has 4 aliphatic carbocycles. The minimum absolute atomic E-state index is 0.354. The lowest BCUT2D eigenvalue weighted by Crippen LogP contribution is -2.05. The van der Waals surface area contributed by atoms with Crippen LogP contribution in [0.2, 0.25) is 0 Å². The summed E-state index contributed by atoms with van der Waals surface area (Å²) in [5, 5.41) is 0. The zero-order chi connectivity index (χ0) is 29.8. The summed E-state index contributed by atoms with van der Waals surface area (Å²) in [7, 11) is 0. The Hall–Kier alpha value is -4.32. The summed E-state index contributed by atoms with van der Waals surface area (Å²) in [5.41, 5.74) is 12.7. The van der Waals surface area contributed by atoms with E-state index in [1.807, 2.05) is 36.4 Å². The first-order valence-corrected chi connectivity index (χ1v) is 16.1. The topological polar surface area (TPSA) is 77.3 Å². The second-order valence-electron chi connectivity index (χ2n) is 14.5. The highest BCUT2D eigenvalue weighted by Crippen LogP contribution is 2.69. The monoisotopic (exact) mass is 576 g/mol. The average molecular weight is 577 g/mol. The van der Waals surface area contributed by atoms with Crippen LogP contribution in [0.15, 0.2) is 73.1 Å². The van der Waals surface area contributed by atoms with E-state index in [0.717, 1.165) is 70.2 Å². The van der Waals surface area contributed by atoms with Crippen LogP contribution in [0.1, 0.15) is 74.9 Å². The number of hydrogen-bond acceptors (Lipinski definition) is 6. The van der Waals surface area contributed by atoms with Crippen molar-refractivity contribution in [3.63, 3.8) is 0 Å². The van der Waals surface area contributed by atoms with Crippen molar-refractivity contribution in [3.05, 3.63) is 95.6 Å². The van der Waals surface area contributed by atoms with Crippen LogP contribution in [0.5, 0.6) is 0 Å². The lowest BCUT2D eigenvalue weighted by Gasteiger charge is -2.15. The summed E-state index contributed by atoms with van der Waals surface area (Å²) in [6.07, 6.45) is 8.39. The molecule has 4 atom stereocenters. The zero-order valence-electron chi connectivity index (χ0n) is 25.7. The van der Waals surface area contributed by atoms with Crippen LogP contribution in [0.4, 0.5) is 0 Å². The molecular formula is C38H36N6. The van der Waals surface area contributed by atoms with Crippen LogP contribution >= 0.6 is 0 Å². The minimum atomic E-state index is 0.354. The molecule has 0 aliphatic heterocycles. The Morgan fingerprint density at radius 1 is 0.477 bits per heavy atom. The average Bonchev–Trinajstić information content (AvgIpc) is 3.86. The maximum atomic E-state index is 5.15. The van der Waals surface area contributed by atoms with E-state index in [-0.39, 0.29) is 0 Å². The smallest absolute Gasteiger partial charge is 0.107 e. The molecule has 2 fully saturated rings. The summed E-state index contributed by atoms with van der Waals surface area (Å²) in [4.78, 5) is 29.7. The number of fused-ring (bicyclic) bond motifs is 6. The van der Waals surface area contributed by atoms with Crippen molar-refractivity contribution in [3.8, 4) is 45.6 Å². The van der Waals surface area contributed by atoms with Crippen LogP contribution in [-0.4, -0.2) is 29.9 Å². The highest BCUT2D eigenvalue weighted by Gasteiger charge is 2.61. The van der Waals surface area contributed by atoms with E-state index in [2.05, 4.69) is 52.0 Å². The summed E-state index contributed by atoms with van der Waals surface area (Å²) in [6, 6.07) is 20.9. The van der Waals surface area contributed by atoms with Crippen LogP contribution in [0.3, 0.4) is 0 Å². The van der Waals surface area contributed by atoms with Crippen LogP contribution in [-0.2, 0) is 12.8 Å². The van der Waals surface area contributed by atoms with Gasteiger partial charge in [0.25, 0.3) is 0 Å². The van der Waals surface area contributed by atoms with E-state index in [1.54, 1.807) is 12.4 Å². The SMILES string of the molecule is CC1(C)[C@@H]2CCc3ccc(-c4cccc(-c5cnc(-c6cccc(-c7ccc8c(n7)[C@H]7[C@@H](CC8)C7(C)C)n6)cn5)n4)nc3[C@@H]21. The molecule has 218 valence electrons. The zero-order valence-corrected chi connectivity index (χ0v) is 25.7. The molecule has 4 aliphatic rings. The first-order chi connectivity index (χ1) is 21.3. The Kier molecular flexibility index (Phi) is 5.40. The first-order valence-electron chi connectivity index (χ1n) is 16.1. The number of nitrogens with zero attached hydrogens (tertiary/aromatic N) is 6. The Labute approximate surface area is 258 Å². The van der Waals surface area contributed by atoms with E-state index in [9.17, 15) is 0 Å². The number of pyridine rings is 4. The molecule has 5 aromatic rings. The molecule has 2 saturated carbocycles. The summed E-state index contributed by atoms with van der Waals surface area (Å²) >= 11 is 0. The fourth-order valence-corrected chi connectivity index (χ4v) is 8.56. The van der Waals surface area contributed by atoms with Crippen LogP contribution in [0, 0.1) is 22.7 Å². The second-order valence-corrected chi connectivity index (χ2v) is 14.5. The van der Waals surface area contributed by atoms with Crippen molar-refractivity contribution >= 4 is 0 Å². The summed E-state index contributed by atoms with van der Waals surface area (Å²) in [5.74, 6) is 2.66. The Morgan fingerprint density at radius 2 is 0.864 bits per heavy atom. The van der Waals surface area contributed by atoms with E-state index >= 15 is 0 Å². The molecule has 0 N–H and O–H groups in total. The van der Waals surface area contributed by atoms with Gasteiger partial charge in [-0.25, -0.2) is 9.97 Å². The number of hydrogen-bond donors (Lipinski definition) is 0. The van der Waals surface area contributed by atoms with E-state index in [4.69, 9.17) is 29.9 Å². The molecule has 9 rings (SSSR count). The van der Waals surface area contributed by atoms with Crippen LogP contribution in [0.25, 0.3) is 45.6 Å². The molecule has 0 bridgehead atoms. The highest BCUT2D eigenvalue weighted by atomic mass is 14.9. The molecule has 5 heterocycles. The van der Waals surface area contributed by atoms with Gasteiger partial charge in [-0.05, 0) is 95.9 Å². The molecule has 44 heavy (non-hydrogen) atoms. The molecule has 0 spiro atoms. The van der Waals surface area contributed by atoms with Gasteiger partial charge in [0.15, 0.2) is 0 Å². The number of aromatic nitrogens is 6. The molecule has 0 aromatic carbocycles. The molecule has 0 radical (unpaired) electrons. The fourth-order valence-electron chi connectivity index (χ4n) is 8.56. The molecule has 5 aromatic heterocycles. The molecule has 0 unspecified atom stereocenters.